The summed E-state index contributed by atoms with van der Waals surface area (Å²) >= 11 is 0. The number of likely N-dealkylation sites (tertiary alicyclic amines) is 1. The fourth-order valence-corrected chi connectivity index (χ4v) is 4.07. The molecule has 1 aromatic heterocycles. The van der Waals surface area contributed by atoms with Crippen LogP contribution < -0.4 is 20.1 Å². The van der Waals surface area contributed by atoms with Crippen molar-refractivity contribution in [3.8, 4) is 11.5 Å². The Hall–Kier alpha value is -2.77. The Bertz CT molecular complexity index is 872. The van der Waals surface area contributed by atoms with E-state index in [1.165, 1.54) is 0 Å². The number of anilines is 2. The van der Waals surface area contributed by atoms with Gasteiger partial charge in [0.2, 0.25) is 11.9 Å². The molecule has 2 atom stereocenters. The van der Waals surface area contributed by atoms with Gasteiger partial charge in [0, 0.05) is 50.0 Å². The van der Waals surface area contributed by atoms with Gasteiger partial charge in [-0.15, -0.1) is 0 Å². The SMILES string of the molecule is COc1cc2nc(N3CC[C@H]4[C@H](CC(=O)N4C)C3)nc(N)c2cc1OC. The minimum Gasteiger partial charge on any atom is -0.493 e. The molecule has 4 rings (SSSR count). The summed E-state index contributed by atoms with van der Waals surface area (Å²) in [6.45, 7) is 1.57. The molecule has 2 N–H and O–H groups in total. The first-order valence-corrected chi connectivity index (χ1v) is 8.71. The highest BCUT2D eigenvalue weighted by molar-refractivity contribution is 5.91. The predicted octanol–water partition coefficient (Wildman–Crippen LogP) is 1.29. The van der Waals surface area contributed by atoms with Crippen molar-refractivity contribution in [2.45, 2.75) is 18.9 Å². The number of methoxy groups -OCH3 is 2. The number of amides is 1. The molecule has 2 aromatic rings. The van der Waals surface area contributed by atoms with E-state index in [0.29, 0.717) is 47.2 Å². The van der Waals surface area contributed by atoms with Gasteiger partial charge in [-0.3, -0.25) is 4.79 Å². The summed E-state index contributed by atoms with van der Waals surface area (Å²) in [6, 6.07) is 3.93. The lowest BCUT2D eigenvalue weighted by Gasteiger charge is -2.36. The van der Waals surface area contributed by atoms with E-state index < -0.39 is 0 Å². The number of carbonyl (C=O) groups excluding carboxylic acids is 1. The highest BCUT2D eigenvalue weighted by Crippen LogP contribution is 2.36. The molecule has 0 saturated carbocycles. The van der Waals surface area contributed by atoms with Gasteiger partial charge in [0.05, 0.1) is 19.7 Å². The van der Waals surface area contributed by atoms with Gasteiger partial charge in [-0.2, -0.15) is 4.98 Å². The number of nitrogen functional groups attached to an aromatic ring is 1. The van der Waals surface area contributed by atoms with E-state index in [9.17, 15) is 4.79 Å². The first kappa shape index (κ1) is 16.7. The van der Waals surface area contributed by atoms with Gasteiger partial charge in [0.25, 0.3) is 0 Å². The Labute approximate surface area is 151 Å². The summed E-state index contributed by atoms with van der Waals surface area (Å²) in [5.41, 5.74) is 6.91. The third kappa shape index (κ3) is 2.56. The second kappa shape index (κ2) is 6.19. The minimum absolute atomic E-state index is 0.220. The second-order valence-corrected chi connectivity index (χ2v) is 6.90. The zero-order valence-electron chi connectivity index (χ0n) is 15.2. The standard InChI is InChI=1S/C18H23N5O3/c1-22-13-4-5-23(9-10(13)6-16(22)24)18-20-12-8-15(26-3)14(25-2)7-11(12)17(19)21-18/h7-8,10,13H,4-6,9H2,1-3H3,(H2,19,20,21)/t10-,13+/m1/s1. The molecule has 2 aliphatic rings. The highest BCUT2D eigenvalue weighted by Gasteiger charge is 2.41. The third-order valence-electron chi connectivity index (χ3n) is 5.52. The van der Waals surface area contributed by atoms with Crippen LogP contribution in [0.4, 0.5) is 11.8 Å². The van der Waals surface area contributed by atoms with Gasteiger partial charge in [0.15, 0.2) is 11.5 Å². The molecular weight excluding hydrogens is 334 g/mol. The molecule has 2 aliphatic heterocycles. The molecule has 3 heterocycles. The maximum absolute atomic E-state index is 12.0. The number of benzene rings is 1. The molecule has 0 radical (unpaired) electrons. The molecule has 2 saturated heterocycles. The van der Waals surface area contributed by atoms with Crippen LogP contribution in [-0.2, 0) is 4.79 Å². The summed E-state index contributed by atoms with van der Waals surface area (Å²) in [5.74, 6) is 2.74. The molecule has 8 nitrogen and oxygen atoms in total. The second-order valence-electron chi connectivity index (χ2n) is 6.90. The number of piperidine rings is 1. The Morgan fingerprint density at radius 1 is 1.19 bits per heavy atom. The molecule has 8 heteroatoms. The molecule has 0 aliphatic carbocycles. The fourth-order valence-electron chi connectivity index (χ4n) is 4.07. The molecule has 1 amide bonds. The average molecular weight is 357 g/mol. The van der Waals surface area contributed by atoms with Crippen molar-refractivity contribution in [1.29, 1.82) is 0 Å². The average Bonchev–Trinajstić information content (AvgIpc) is 2.94. The van der Waals surface area contributed by atoms with E-state index in [1.807, 2.05) is 18.0 Å². The van der Waals surface area contributed by atoms with Gasteiger partial charge in [-0.1, -0.05) is 0 Å². The maximum Gasteiger partial charge on any atom is 0.227 e. The van der Waals surface area contributed by atoms with Crippen molar-refractivity contribution >= 4 is 28.6 Å². The van der Waals surface area contributed by atoms with Crippen LogP contribution in [-0.4, -0.2) is 61.2 Å². The van der Waals surface area contributed by atoms with Crippen molar-refractivity contribution in [3.05, 3.63) is 12.1 Å². The number of fused-ring (bicyclic) bond motifs is 2. The van der Waals surface area contributed by atoms with Gasteiger partial charge in [-0.05, 0) is 12.5 Å². The lowest BCUT2D eigenvalue weighted by atomic mass is 9.93. The highest BCUT2D eigenvalue weighted by atomic mass is 16.5. The Morgan fingerprint density at radius 3 is 2.65 bits per heavy atom. The van der Waals surface area contributed by atoms with Crippen molar-refractivity contribution < 1.29 is 14.3 Å². The van der Waals surface area contributed by atoms with Crippen molar-refractivity contribution in [2.24, 2.45) is 5.92 Å². The molecule has 0 spiro atoms. The molecule has 1 aromatic carbocycles. The summed E-state index contributed by atoms with van der Waals surface area (Å²) in [6.07, 6.45) is 1.51. The van der Waals surface area contributed by atoms with E-state index in [0.717, 1.165) is 24.9 Å². The predicted molar refractivity (Wildman–Crippen MR) is 98.5 cm³/mol. The zero-order valence-corrected chi connectivity index (χ0v) is 15.2. The first-order chi connectivity index (χ1) is 12.5. The van der Waals surface area contributed by atoms with Crippen molar-refractivity contribution in [3.63, 3.8) is 0 Å². The van der Waals surface area contributed by atoms with Crippen LogP contribution in [0.25, 0.3) is 10.9 Å². The number of nitrogens with two attached hydrogens (primary N) is 1. The normalized spacial score (nSPS) is 22.7. The van der Waals surface area contributed by atoms with Crippen LogP contribution in [0.1, 0.15) is 12.8 Å². The fraction of sp³-hybridized carbons (Fsp3) is 0.500. The molecule has 26 heavy (non-hydrogen) atoms. The number of hydrogen-bond acceptors (Lipinski definition) is 7. The van der Waals surface area contributed by atoms with E-state index in [2.05, 4.69) is 9.88 Å². The van der Waals surface area contributed by atoms with Crippen LogP contribution >= 0.6 is 0 Å². The van der Waals surface area contributed by atoms with Gasteiger partial charge in [0.1, 0.15) is 5.82 Å². The topological polar surface area (TPSA) is 93.8 Å². The number of nitrogens with zero attached hydrogens (tertiary/aromatic N) is 4. The number of rotatable bonds is 3. The largest absolute Gasteiger partial charge is 0.493 e. The maximum atomic E-state index is 12.0. The van der Waals surface area contributed by atoms with Crippen LogP contribution in [0.2, 0.25) is 0 Å². The van der Waals surface area contributed by atoms with Gasteiger partial charge < -0.3 is 25.0 Å². The third-order valence-corrected chi connectivity index (χ3v) is 5.52. The molecule has 138 valence electrons. The molecular formula is C18H23N5O3. The Kier molecular flexibility index (Phi) is 3.97. The van der Waals surface area contributed by atoms with Crippen LogP contribution in [0.5, 0.6) is 11.5 Å². The summed E-state index contributed by atoms with van der Waals surface area (Å²) in [7, 11) is 5.07. The summed E-state index contributed by atoms with van der Waals surface area (Å²) in [4.78, 5) is 25.2. The molecule has 0 bridgehead atoms. The zero-order chi connectivity index (χ0) is 18.4. The van der Waals surface area contributed by atoms with E-state index in [4.69, 9.17) is 20.2 Å². The van der Waals surface area contributed by atoms with Crippen molar-refractivity contribution in [1.82, 2.24) is 14.9 Å². The van der Waals surface area contributed by atoms with Crippen LogP contribution in [0, 0.1) is 5.92 Å². The van der Waals surface area contributed by atoms with E-state index >= 15 is 0 Å². The van der Waals surface area contributed by atoms with Crippen LogP contribution in [0.3, 0.4) is 0 Å². The lowest BCUT2D eigenvalue weighted by molar-refractivity contribution is -0.127. The Balaban J connectivity index is 1.68. The van der Waals surface area contributed by atoms with E-state index in [-0.39, 0.29) is 5.91 Å². The number of carbonyl (C=O) groups is 1. The van der Waals surface area contributed by atoms with Crippen molar-refractivity contribution in [2.75, 3.05) is 45.0 Å². The summed E-state index contributed by atoms with van der Waals surface area (Å²) in [5, 5.41) is 0.733. The number of ether oxygens (including phenoxy) is 2. The molecule has 0 unspecified atom stereocenters. The smallest absolute Gasteiger partial charge is 0.227 e. The lowest BCUT2D eigenvalue weighted by Crippen LogP contribution is -2.45. The number of aromatic nitrogens is 2. The van der Waals surface area contributed by atoms with Crippen LogP contribution in [0.15, 0.2) is 12.1 Å². The van der Waals surface area contributed by atoms with Gasteiger partial charge in [-0.25, -0.2) is 4.98 Å². The quantitative estimate of drug-likeness (QED) is 0.884. The van der Waals surface area contributed by atoms with Gasteiger partial charge >= 0.3 is 0 Å². The molecule has 2 fully saturated rings. The summed E-state index contributed by atoms with van der Waals surface area (Å²) < 4.78 is 10.7. The first-order valence-electron chi connectivity index (χ1n) is 8.71. The number of hydrogen-bond donors (Lipinski definition) is 1. The Morgan fingerprint density at radius 2 is 1.92 bits per heavy atom. The monoisotopic (exact) mass is 357 g/mol. The minimum atomic E-state index is 0.220. The van der Waals surface area contributed by atoms with E-state index in [1.54, 1.807) is 20.3 Å².